The van der Waals surface area contributed by atoms with Gasteiger partial charge in [0.15, 0.2) is 0 Å². The first-order valence-corrected chi connectivity index (χ1v) is 8.42. The van der Waals surface area contributed by atoms with Crippen LogP contribution in [0.15, 0.2) is 0 Å². The largest absolute Gasteiger partial charge is 0.388 e. The standard InChI is InChI=1S/C16H32N2O2/c1-16(19,14-18-9-11-20-12-10-18)13-17-15-7-5-3-2-4-6-8-15/h15,17,19H,2-14H2,1H3. The van der Waals surface area contributed by atoms with Crippen LogP contribution in [0.2, 0.25) is 0 Å². The lowest BCUT2D eigenvalue weighted by Crippen LogP contribution is -2.52. The Morgan fingerprint density at radius 1 is 1.10 bits per heavy atom. The third kappa shape index (κ3) is 6.08. The van der Waals surface area contributed by atoms with Gasteiger partial charge in [0, 0.05) is 32.2 Å². The monoisotopic (exact) mass is 284 g/mol. The highest BCUT2D eigenvalue weighted by atomic mass is 16.5. The van der Waals surface area contributed by atoms with Crippen molar-refractivity contribution in [1.29, 1.82) is 0 Å². The Morgan fingerprint density at radius 3 is 2.35 bits per heavy atom. The Balaban J connectivity index is 1.69. The van der Waals surface area contributed by atoms with Gasteiger partial charge in [0.25, 0.3) is 0 Å². The van der Waals surface area contributed by atoms with Gasteiger partial charge < -0.3 is 15.2 Å². The molecule has 0 spiro atoms. The Kier molecular flexibility index (Phi) is 6.75. The van der Waals surface area contributed by atoms with Crippen LogP contribution in [-0.4, -0.2) is 61.0 Å². The maximum Gasteiger partial charge on any atom is 0.0869 e. The molecule has 1 unspecified atom stereocenters. The average Bonchev–Trinajstić information content (AvgIpc) is 2.38. The Bertz CT molecular complexity index is 257. The molecule has 4 heteroatoms. The minimum atomic E-state index is -0.639. The second-order valence-electron chi connectivity index (χ2n) is 6.81. The maximum absolute atomic E-state index is 10.6. The molecule has 1 atom stereocenters. The lowest BCUT2D eigenvalue weighted by atomic mass is 9.96. The lowest BCUT2D eigenvalue weighted by molar-refractivity contribution is -0.0231. The van der Waals surface area contributed by atoms with Crippen molar-refractivity contribution in [1.82, 2.24) is 10.2 Å². The number of ether oxygens (including phenoxy) is 1. The molecule has 2 N–H and O–H groups in total. The summed E-state index contributed by atoms with van der Waals surface area (Å²) in [6, 6.07) is 0.603. The van der Waals surface area contributed by atoms with Gasteiger partial charge in [-0.25, -0.2) is 0 Å². The van der Waals surface area contributed by atoms with Crippen LogP contribution in [0, 0.1) is 0 Å². The summed E-state index contributed by atoms with van der Waals surface area (Å²) >= 11 is 0. The van der Waals surface area contributed by atoms with E-state index in [0.29, 0.717) is 12.6 Å². The van der Waals surface area contributed by atoms with Crippen molar-refractivity contribution in [3.05, 3.63) is 0 Å². The molecule has 2 fully saturated rings. The fraction of sp³-hybridized carbons (Fsp3) is 1.00. The number of hydrogen-bond donors (Lipinski definition) is 2. The van der Waals surface area contributed by atoms with Crippen molar-refractivity contribution in [3.8, 4) is 0 Å². The molecule has 1 saturated carbocycles. The molecule has 0 radical (unpaired) electrons. The van der Waals surface area contributed by atoms with Crippen LogP contribution in [-0.2, 0) is 4.74 Å². The van der Waals surface area contributed by atoms with E-state index in [1.807, 2.05) is 6.92 Å². The molecule has 0 aromatic carbocycles. The summed E-state index contributed by atoms with van der Waals surface area (Å²) in [6.07, 6.45) is 9.37. The van der Waals surface area contributed by atoms with Crippen LogP contribution in [0.4, 0.5) is 0 Å². The highest BCUT2D eigenvalue weighted by molar-refractivity contribution is 4.83. The first-order chi connectivity index (χ1) is 9.66. The van der Waals surface area contributed by atoms with E-state index in [4.69, 9.17) is 4.74 Å². The second kappa shape index (κ2) is 8.32. The molecule has 20 heavy (non-hydrogen) atoms. The van der Waals surface area contributed by atoms with Gasteiger partial charge in [0.2, 0.25) is 0 Å². The van der Waals surface area contributed by atoms with Crippen LogP contribution in [0.1, 0.15) is 51.9 Å². The van der Waals surface area contributed by atoms with Gasteiger partial charge in [0.05, 0.1) is 18.8 Å². The van der Waals surface area contributed by atoms with E-state index >= 15 is 0 Å². The quantitative estimate of drug-likeness (QED) is 0.808. The number of nitrogens with one attached hydrogen (secondary N) is 1. The van der Waals surface area contributed by atoms with Crippen molar-refractivity contribution < 1.29 is 9.84 Å². The SMILES string of the molecule is CC(O)(CNC1CCCCCCC1)CN1CCOCC1. The zero-order chi connectivity index (χ0) is 14.3. The molecule has 1 aliphatic carbocycles. The third-order valence-electron chi connectivity index (χ3n) is 4.54. The number of morpholine rings is 1. The van der Waals surface area contributed by atoms with Gasteiger partial charge in [-0.1, -0.05) is 32.1 Å². The zero-order valence-electron chi connectivity index (χ0n) is 13.1. The molecule has 0 aromatic rings. The molecule has 118 valence electrons. The first-order valence-electron chi connectivity index (χ1n) is 8.42. The molecule has 2 rings (SSSR count). The summed E-state index contributed by atoms with van der Waals surface area (Å²) in [7, 11) is 0. The number of β-amino-alcohol motifs (C(OH)–C–C–N with tert-alkyl or cyclic N) is 1. The van der Waals surface area contributed by atoms with E-state index < -0.39 is 5.60 Å². The van der Waals surface area contributed by atoms with E-state index in [1.165, 1.54) is 44.9 Å². The molecule has 2 aliphatic rings. The minimum absolute atomic E-state index is 0.603. The molecular formula is C16H32N2O2. The fourth-order valence-electron chi connectivity index (χ4n) is 3.32. The normalized spacial score (nSPS) is 26.7. The third-order valence-corrected chi connectivity index (χ3v) is 4.54. The second-order valence-corrected chi connectivity index (χ2v) is 6.81. The van der Waals surface area contributed by atoms with Crippen LogP contribution >= 0.6 is 0 Å². The van der Waals surface area contributed by atoms with Crippen molar-refractivity contribution in [2.75, 3.05) is 39.4 Å². The van der Waals surface area contributed by atoms with Crippen LogP contribution in [0.25, 0.3) is 0 Å². The molecule has 1 heterocycles. The highest BCUT2D eigenvalue weighted by Gasteiger charge is 2.26. The predicted molar refractivity (Wildman–Crippen MR) is 82.0 cm³/mol. The fourth-order valence-corrected chi connectivity index (χ4v) is 3.32. The molecule has 4 nitrogen and oxygen atoms in total. The summed E-state index contributed by atoms with van der Waals surface area (Å²) in [5, 5.41) is 14.2. The van der Waals surface area contributed by atoms with E-state index in [1.54, 1.807) is 0 Å². The van der Waals surface area contributed by atoms with Crippen LogP contribution < -0.4 is 5.32 Å². The smallest absolute Gasteiger partial charge is 0.0869 e. The first kappa shape index (κ1) is 16.2. The summed E-state index contributed by atoms with van der Waals surface area (Å²) in [4.78, 5) is 2.31. The Labute approximate surface area is 123 Å². The summed E-state index contributed by atoms with van der Waals surface area (Å²) in [6.45, 7) is 6.89. The Hall–Kier alpha value is -0.160. The van der Waals surface area contributed by atoms with Crippen molar-refractivity contribution in [3.63, 3.8) is 0 Å². The Morgan fingerprint density at radius 2 is 1.70 bits per heavy atom. The summed E-state index contributed by atoms with van der Waals surface area (Å²) in [5.74, 6) is 0. The van der Waals surface area contributed by atoms with E-state index in [9.17, 15) is 5.11 Å². The number of nitrogens with zero attached hydrogens (tertiary/aromatic N) is 1. The van der Waals surface area contributed by atoms with E-state index in [-0.39, 0.29) is 0 Å². The summed E-state index contributed by atoms with van der Waals surface area (Å²) in [5.41, 5.74) is -0.639. The van der Waals surface area contributed by atoms with Gasteiger partial charge in [-0.05, 0) is 19.8 Å². The van der Waals surface area contributed by atoms with E-state index in [2.05, 4.69) is 10.2 Å². The number of rotatable bonds is 5. The van der Waals surface area contributed by atoms with Crippen molar-refractivity contribution >= 4 is 0 Å². The lowest BCUT2D eigenvalue weighted by Gasteiger charge is -2.35. The molecule has 0 amide bonds. The molecule has 0 bridgehead atoms. The maximum atomic E-state index is 10.6. The van der Waals surface area contributed by atoms with Gasteiger partial charge in [-0.2, -0.15) is 0 Å². The van der Waals surface area contributed by atoms with Crippen molar-refractivity contribution in [2.45, 2.75) is 63.5 Å². The van der Waals surface area contributed by atoms with Crippen LogP contribution in [0.3, 0.4) is 0 Å². The zero-order valence-corrected chi connectivity index (χ0v) is 13.1. The van der Waals surface area contributed by atoms with Crippen LogP contribution in [0.5, 0.6) is 0 Å². The average molecular weight is 284 g/mol. The molecule has 1 aliphatic heterocycles. The molecular weight excluding hydrogens is 252 g/mol. The summed E-state index contributed by atoms with van der Waals surface area (Å²) < 4.78 is 5.36. The van der Waals surface area contributed by atoms with Gasteiger partial charge >= 0.3 is 0 Å². The topological polar surface area (TPSA) is 44.7 Å². The van der Waals surface area contributed by atoms with Gasteiger partial charge in [0.1, 0.15) is 0 Å². The highest BCUT2D eigenvalue weighted by Crippen LogP contribution is 2.18. The molecule has 1 saturated heterocycles. The molecule has 0 aromatic heterocycles. The van der Waals surface area contributed by atoms with Crippen molar-refractivity contribution in [2.24, 2.45) is 0 Å². The van der Waals surface area contributed by atoms with Gasteiger partial charge in [-0.3, -0.25) is 4.90 Å². The number of aliphatic hydroxyl groups is 1. The predicted octanol–water partition coefficient (Wildman–Crippen LogP) is 1.77. The van der Waals surface area contributed by atoms with E-state index in [0.717, 1.165) is 32.8 Å². The number of hydrogen-bond acceptors (Lipinski definition) is 4. The minimum Gasteiger partial charge on any atom is -0.388 e. The van der Waals surface area contributed by atoms with Gasteiger partial charge in [-0.15, -0.1) is 0 Å².